The molecule has 4 heteroatoms. The van der Waals surface area contributed by atoms with E-state index in [0.29, 0.717) is 13.2 Å². The SMILES string of the molecule is CCO[Si](N)OCC. The van der Waals surface area contributed by atoms with Crippen molar-refractivity contribution in [2.75, 3.05) is 13.2 Å². The van der Waals surface area contributed by atoms with Crippen molar-refractivity contribution in [1.82, 2.24) is 0 Å². The molecule has 0 aliphatic carbocycles. The summed E-state index contributed by atoms with van der Waals surface area (Å²) in [5.74, 6) is 0. The highest BCUT2D eigenvalue weighted by Crippen LogP contribution is 1.78. The van der Waals surface area contributed by atoms with Crippen LogP contribution in [0.2, 0.25) is 0 Å². The normalized spacial score (nSPS) is 10.5. The minimum absolute atomic E-state index is 0.644. The summed E-state index contributed by atoms with van der Waals surface area (Å²) in [6.07, 6.45) is 0. The van der Waals surface area contributed by atoms with Crippen LogP contribution < -0.4 is 5.40 Å². The van der Waals surface area contributed by atoms with Crippen molar-refractivity contribution in [3.63, 3.8) is 0 Å². The summed E-state index contributed by atoms with van der Waals surface area (Å²) >= 11 is 0. The molecule has 8 heavy (non-hydrogen) atoms. The zero-order valence-corrected chi connectivity index (χ0v) is 6.31. The van der Waals surface area contributed by atoms with Gasteiger partial charge in [0.05, 0.1) is 0 Å². The summed E-state index contributed by atoms with van der Waals surface area (Å²) in [6, 6.07) is 0. The van der Waals surface area contributed by atoms with Crippen molar-refractivity contribution in [1.29, 1.82) is 0 Å². The third-order valence-corrected chi connectivity index (χ3v) is 1.72. The Morgan fingerprint density at radius 2 is 1.62 bits per heavy atom. The van der Waals surface area contributed by atoms with Crippen LogP contribution in [-0.4, -0.2) is 22.7 Å². The first-order chi connectivity index (χ1) is 3.81. The Hall–Kier alpha value is 0.0969. The maximum absolute atomic E-state index is 5.35. The number of nitrogens with two attached hydrogens (primary N) is 1. The molecule has 0 aromatic rings. The second-order valence-electron chi connectivity index (χ2n) is 1.19. The van der Waals surface area contributed by atoms with Crippen molar-refractivity contribution >= 4 is 9.45 Å². The first-order valence-electron chi connectivity index (χ1n) is 2.69. The molecule has 0 amide bonds. The Labute approximate surface area is 51.7 Å². The van der Waals surface area contributed by atoms with Gasteiger partial charge in [0.25, 0.3) is 0 Å². The van der Waals surface area contributed by atoms with Crippen LogP contribution in [0.4, 0.5) is 0 Å². The average Bonchev–Trinajstić information content (AvgIpc) is 1.68. The molecule has 0 aromatic heterocycles. The van der Waals surface area contributed by atoms with E-state index in [9.17, 15) is 0 Å². The number of rotatable bonds is 4. The van der Waals surface area contributed by atoms with Crippen LogP contribution in [0.1, 0.15) is 13.8 Å². The van der Waals surface area contributed by atoms with Crippen molar-refractivity contribution < 1.29 is 8.85 Å². The second-order valence-corrected chi connectivity index (χ2v) is 2.40. The molecule has 0 saturated carbocycles. The molecule has 2 N–H and O–H groups in total. The van der Waals surface area contributed by atoms with Gasteiger partial charge >= 0.3 is 9.45 Å². The molecule has 0 saturated heterocycles. The molecule has 0 unspecified atom stereocenters. The van der Waals surface area contributed by atoms with E-state index < -0.39 is 9.45 Å². The van der Waals surface area contributed by atoms with E-state index in [4.69, 9.17) is 14.3 Å². The summed E-state index contributed by atoms with van der Waals surface area (Å²) in [5, 5.41) is 5.35. The van der Waals surface area contributed by atoms with Crippen LogP contribution in [0.3, 0.4) is 0 Å². The third kappa shape index (κ3) is 4.26. The molecular weight excluding hydrogens is 122 g/mol. The molecule has 0 aliphatic heterocycles. The van der Waals surface area contributed by atoms with E-state index in [1.54, 1.807) is 0 Å². The number of hydrogen-bond acceptors (Lipinski definition) is 3. The van der Waals surface area contributed by atoms with Crippen LogP contribution in [0.25, 0.3) is 0 Å². The van der Waals surface area contributed by atoms with E-state index in [0.717, 1.165) is 0 Å². The second kappa shape index (κ2) is 5.24. The van der Waals surface area contributed by atoms with Gasteiger partial charge in [-0.2, -0.15) is 0 Å². The van der Waals surface area contributed by atoms with E-state index in [1.807, 2.05) is 13.8 Å². The minimum atomic E-state index is -1.39. The zero-order chi connectivity index (χ0) is 6.41. The van der Waals surface area contributed by atoms with E-state index in [2.05, 4.69) is 0 Å². The Bertz CT molecular complexity index is 47.3. The van der Waals surface area contributed by atoms with Gasteiger partial charge in [-0.05, 0) is 13.8 Å². The lowest BCUT2D eigenvalue weighted by atomic mass is 10.9. The lowest BCUT2D eigenvalue weighted by Gasteiger charge is -2.04. The van der Waals surface area contributed by atoms with Crippen LogP contribution in [0.5, 0.6) is 0 Å². The molecule has 0 rings (SSSR count). The Balaban J connectivity index is 2.92. The Morgan fingerprint density at radius 3 is 1.88 bits per heavy atom. The first kappa shape index (κ1) is 8.10. The molecule has 1 radical (unpaired) electrons. The molecule has 49 valence electrons. The molecule has 0 bridgehead atoms. The average molecular weight is 134 g/mol. The van der Waals surface area contributed by atoms with E-state index >= 15 is 0 Å². The molecule has 3 nitrogen and oxygen atoms in total. The van der Waals surface area contributed by atoms with Crippen molar-refractivity contribution in [2.24, 2.45) is 5.40 Å². The predicted molar refractivity (Wildman–Crippen MR) is 33.2 cm³/mol. The molecular formula is C4H12NO2Si. The zero-order valence-electron chi connectivity index (χ0n) is 5.31. The Morgan fingerprint density at radius 1 is 1.25 bits per heavy atom. The van der Waals surface area contributed by atoms with Crippen LogP contribution in [0.15, 0.2) is 0 Å². The maximum Gasteiger partial charge on any atom is 0.485 e. The van der Waals surface area contributed by atoms with Gasteiger partial charge in [-0.15, -0.1) is 0 Å². The van der Waals surface area contributed by atoms with Gasteiger partial charge in [-0.25, -0.2) is 0 Å². The largest absolute Gasteiger partial charge is 0.485 e. The van der Waals surface area contributed by atoms with Crippen LogP contribution in [-0.2, 0) is 8.85 Å². The topological polar surface area (TPSA) is 44.5 Å². The van der Waals surface area contributed by atoms with Crippen LogP contribution in [0, 0.1) is 0 Å². The summed E-state index contributed by atoms with van der Waals surface area (Å²) in [7, 11) is -1.39. The Kier molecular flexibility index (Phi) is 5.30. The molecule has 0 aromatic carbocycles. The molecule has 0 heterocycles. The summed E-state index contributed by atoms with van der Waals surface area (Å²) in [5.41, 5.74) is 0. The highest BCUT2D eigenvalue weighted by Gasteiger charge is 2.05. The van der Waals surface area contributed by atoms with Crippen molar-refractivity contribution in [2.45, 2.75) is 13.8 Å². The fraction of sp³-hybridized carbons (Fsp3) is 1.00. The highest BCUT2D eigenvalue weighted by atomic mass is 28.3. The highest BCUT2D eigenvalue weighted by molar-refractivity contribution is 6.40. The molecule has 0 aliphatic rings. The maximum atomic E-state index is 5.35. The van der Waals surface area contributed by atoms with Gasteiger partial charge in [0.2, 0.25) is 0 Å². The van der Waals surface area contributed by atoms with Gasteiger partial charge in [0.1, 0.15) is 0 Å². The van der Waals surface area contributed by atoms with Gasteiger partial charge in [-0.1, -0.05) is 0 Å². The first-order valence-corrected chi connectivity index (χ1v) is 4.08. The van der Waals surface area contributed by atoms with Gasteiger partial charge in [0, 0.05) is 13.2 Å². The van der Waals surface area contributed by atoms with Gasteiger partial charge in [0.15, 0.2) is 0 Å². The lowest BCUT2D eigenvalue weighted by Crippen LogP contribution is -2.33. The van der Waals surface area contributed by atoms with Crippen LogP contribution >= 0.6 is 0 Å². The lowest BCUT2D eigenvalue weighted by molar-refractivity contribution is 0.215. The predicted octanol–water partition coefficient (Wildman–Crippen LogP) is 0.00300. The fourth-order valence-corrected chi connectivity index (χ4v) is 0.979. The summed E-state index contributed by atoms with van der Waals surface area (Å²) in [4.78, 5) is 0. The van der Waals surface area contributed by atoms with Gasteiger partial charge in [-0.3, -0.25) is 0 Å². The molecule has 0 spiro atoms. The smallest absolute Gasteiger partial charge is 0.381 e. The molecule has 0 fully saturated rings. The molecule has 0 atom stereocenters. The quantitative estimate of drug-likeness (QED) is 0.551. The summed E-state index contributed by atoms with van der Waals surface area (Å²) in [6.45, 7) is 5.09. The third-order valence-electron chi connectivity index (χ3n) is 0.573. The summed E-state index contributed by atoms with van der Waals surface area (Å²) < 4.78 is 9.88. The fourth-order valence-electron chi connectivity index (χ4n) is 0.326. The number of hydrogen-bond donors (Lipinski definition) is 1. The monoisotopic (exact) mass is 134 g/mol. The van der Waals surface area contributed by atoms with E-state index in [1.165, 1.54) is 0 Å². The standard InChI is InChI=1S/C4H12NO2Si/c1-3-6-8(5)7-4-2/h3-5H2,1-2H3. The van der Waals surface area contributed by atoms with Crippen molar-refractivity contribution in [3.8, 4) is 0 Å². The van der Waals surface area contributed by atoms with Crippen molar-refractivity contribution in [3.05, 3.63) is 0 Å². The minimum Gasteiger partial charge on any atom is -0.381 e. The van der Waals surface area contributed by atoms with E-state index in [-0.39, 0.29) is 0 Å². The van der Waals surface area contributed by atoms with Gasteiger partial charge < -0.3 is 14.3 Å².